The van der Waals surface area contributed by atoms with Crippen LogP contribution in [-0.2, 0) is 0 Å². The molecule has 106 valence electrons. The molecular weight excluding hydrogens is 250 g/mol. The number of rotatable bonds is 2. The number of hydrogen-bond acceptors (Lipinski definition) is 3. The topological polar surface area (TPSA) is 53.4 Å². The van der Waals surface area contributed by atoms with Gasteiger partial charge in [-0.3, -0.25) is 4.98 Å². The van der Waals surface area contributed by atoms with E-state index in [0.717, 1.165) is 42.1 Å². The molecule has 1 atom stereocenters. The molecular formula is C17H21NO2. The maximum atomic E-state index is 10.9. The summed E-state index contributed by atoms with van der Waals surface area (Å²) in [6.45, 7) is 0. The summed E-state index contributed by atoms with van der Waals surface area (Å²) in [6, 6.07) is 9.65. The average Bonchev–Trinajstić information content (AvgIpc) is 2.72. The Balaban J connectivity index is 2.01. The fraction of sp³-hybridized carbons (Fsp3) is 0.471. The minimum absolute atomic E-state index is 0.664. The fourth-order valence-corrected chi connectivity index (χ4v) is 3.25. The average molecular weight is 271 g/mol. The molecule has 1 aliphatic carbocycles. The highest BCUT2D eigenvalue weighted by Crippen LogP contribution is 2.39. The van der Waals surface area contributed by atoms with Crippen LogP contribution in [0.2, 0.25) is 0 Å². The molecule has 0 saturated heterocycles. The molecule has 0 amide bonds. The van der Waals surface area contributed by atoms with Gasteiger partial charge in [-0.1, -0.05) is 49.9 Å². The quantitative estimate of drug-likeness (QED) is 0.824. The second kappa shape index (κ2) is 5.51. The minimum atomic E-state index is -1.01. The Kier molecular flexibility index (Phi) is 3.72. The van der Waals surface area contributed by atoms with Gasteiger partial charge in [0.05, 0.1) is 11.1 Å². The van der Waals surface area contributed by atoms with Gasteiger partial charge in [0.15, 0.2) is 0 Å². The van der Waals surface area contributed by atoms with Crippen molar-refractivity contribution in [3.05, 3.63) is 42.1 Å². The van der Waals surface area contributed by atoms with Crippen LogP contribution in [0.3, 0.4) is 0 Å². The van der Waals surface area contributed by atoms with Crippen LogP contribution in [0.25, 0.3) is 10.9 Å². The second-order valence-corrected chi connectivity index (χ2v) is 5.84. The van der Waals surface area contributed by atoms with E-state index in [9.17, 15) is 10.2 Å². The molecule has 1 aromatic carbocycles. The highest BCUT2D eigenvalue weighted by Gasteiger charge is 2.37. The summed E-state index contributed by atoms with van der Waals surface area (Å²) in [5.41, 5.74) is 0.523. The van der Waals surface area contributed by atoms with Crippen molar-refractivity contribution in [1.29, 1.82) is 0 Å². The first-order valence-corrected chi connectivity index (χ1v) is 7.45. The van der Waals surface area contributed by atoms with E-state index < -0.39 is 11.7 Å². The van der Waals surface area contributed by atoms with Gasteiger partial charge in [0.2, 0.25) is 0 Å². The van der Waals surface area contributed by atoms with Crippen LogP contribution in [0.1, 0.15) is 50.2 Å². The van der Waals surface area contributed by atoms with Gasteiger partial charge in [-0.05, 0) is 18.9 Å². The van der Waals surface area contributed by atoms with Crippen LogP contribution in [0.4, 0.5) is 0 Å². The van der Waals surface area contributed by atoms with Crippen molar-refractivity contribution in [3.63, 3.8) is 0 Å². The lowest BCUT2D eigenvalue weighted by molar-refractivity contribution is -0.0861. The third-order valence-electron chi connectivity index (χ3n) is 4.44. The number of aromatic nitrogens is 1. The Morgan fingerprint density at radius 1 is 1.00 bits per heavy atom. The third kappa shape index (κ3) is 2.43. The first-order chi connectivity index (χ1) is 9.71. The van der Waals surface area contributed by atoms with E-state index in [4.69, 9.17) is 0 Å². The molecule has 0 bridgehead atoms. The molecule has 0 aliphatic heterocycles. The monoisotopic (exact) mass is 271 g/mol. The van der Waals surface area contributed by atoms with Crippen LogP contribution in [0.5, 0.6) is 0 Å². The molecule has 2 aromatic rings. The van der Waals surface area contributed by atoms with E-state index in [0.29, 0.717) is 12.8 Å². The molecule has 1 saturated carbocycles. The van der Waals surface area contributed by atoms with Gasteiger partial charge in [-0.2, -0.15) is 0 Å². The molecule has 1 aromatic heterocycles. The predicted molar refractivity (Wildman–Crippen MR) is 79.4 cm³/mol. The Morgan fingerprint density at radius 3 is 2.45 bits per heavy atom. The standard InChI is InChI=1S/C17H21NO2/c19-16(17(20)10-3-1-2-4-11-17)14-9-5-7-13-8-6-12-18-15(13)14/h5-9,12,16,19-20H,1-4,10-11H2. The van der Waals surface area contributed by atoms with Crippen molar-refractivity contribution < 1.29 is 10.2 Å². The molecule has 0 radical (unpaired) electrons. The minimum Gasteiger partial charge on any atom is -0.387 e. The van der Waals surface area contributed by atoms with Gasteiger partial charge in [-0.15, -0.1) is 0 Å². The number of pyridine rings is 1. The van der Waals surface area contributed by atoms with E-state index in [-0.39, 0.29) is 0 Å². The van der Waals surface area contributed by atoms with Crippen LogP contribution in [-0.4, -0.2) is 20.8 Å². The van der Waals surface area contributed by atoms with Gasteiger partial charge in [-0.25, -0.2) is 0 Å². The molecule has 3 nitrogen and oxygen atoms in total. The highest BCUT2D eigenvalue weighted by atomic mass is 16.3. The van der Waals surface area contributed by atoms with Crippen molar-refractivity contribution in [2.75, 3.05) is 0 Å². The Morgan fingerprint density at radius 2 is 1.70 bits per heavy atom. The van der Waals surface area contributed by atoms with Crippen molar-refractivity contribution in [2.24, 2.45) is 0 Å². The van der Waals surface area contributed by atoms with Crippen LogP contribution in [0, 0.1) is 0 Å². The van der Waals surface area contributed by atoms with E-state index in [2.05, 4.69) is 4.98 Å². The van der Waals surface area contributed by atoms with Crippen molar-refractivity contribution >= 4 is 10.9 Å². The number of hydrogen-bond donors (Lipinski definition) is 2. The number of benzene rings is 1. The van der Waals surface area contributed by atoms with Gasteiger partial charge in [0.1, 0.15) is 6.10 Å². The van der Waals surface area contributed by atoms with E-state index >= 15 is 0 Å². The summed E-state index contributed by atoms with van der Waals surface area (Å²) >= 11 is 0. The Bertz CT molecular complexity index is 583. The zero-order valence-corrected chi connectivity index (χ0v) is 11.6. The van der Waals surface area contributed by atoms with Gasteiger partial charge < -0.3 is 10.2 Å². The molecule has 2 N–H and O–H groups in total. The van der Waals surface area contributed by atoms with Crippen LogP contribution < -0.4 is 0 Å². The molecule has 3 heteroatoms. The lowest BCUT2D eigenvalue weighted by Crippen LogP contribution is -2.36. The second-order valence-electron chi connectivity index (χ2n) is 5.84. The zero-order valence-electron chi connectivity index (χ0n) is 11.6. The molecule has 0 spiro atoms. The summed E-state index contributed by atoms with van der Waals surface area (Å²) in [5.74, 6) is 0. The third-order valence-corrected chi connectivity index (χ3v) is 4.44. The van der Waals surface area contributed by atoms with Crippen molar-refractivity contribution in [2.45, 2.75) is 50.2 Å². The molecule has 1 fully saturated rings. The molecule has 3 rings (SSSR count). The highest BCUT2D eigenvalue weighted by molar-refractivity contribution is 5.82. The Hall–Kier alpha value is -1.45. The number of nitrogens with zero attached hydrogens (tertiary/aromatic N) is 1. The van der Waals surface area contributed by atoms with Crippen molar-refractivity contribution in [3.8, 4) is 0 Å². The molecule has 20 heavy (non-hydrogen) atoms. The van der Waals surface area contributed by atoms with Gasteiger partial charge in [0, 0.05) is 17.1 Å². The van der Waals surface area contributed by atoms with E-state index in [1.54, 1.807) is 6.20 Å². The first kappa shape index (κ1) is 13.5. The number of para-hydroxylation sites is 1. The smallest absolute Gasteiger partial charge is 0.110 e. The largest absolute Gasteiger partial charge is 0.387 e. The van der Waals surface area contributed by atoms with Crippen LogP contribution in [0.15, 0.2) is 36.5 Å². The van der Waals surface area contributed by atoms with Gasteiger partial charge >= 0.3 is 0 Å². The number of fused-ring (bicyclic) bond motifs is 1. The van der Waals surface area contributed by atoms with E-state index in [1.165, 1.54) is 0 Å². The predicted octanol–water partition coefficient (Wildman–Crippen LogP) is 3.35. The molecule has 1 aliphatic rings. The number of aliphatic hydroxyl groups excluding tert-OH is 1. The maximum Gasteiger partial charge on any atom is 0.110 e. The zero-order chi connectivity index (χ0) is 14.0. The van der Waals surface area contributed by atoms with Crippen molar-refractivity contribution in [1.82, 2.24) is 4.98 Å². The fourth-order valence-electron chi connectivity index (χ4n) is 3.25. The maximum absolute atomic E-state index is 10.9. The first-order valence-electron chi connectivity index (χ1n) is 7.45. The lowest BCUT2D eigenvalue weighted by atomic mass is 9.84. The lowest BCUT2D eigenvalue weighted by Gasteiger charge is -2.32. The van der Waals surface area contributed by atoms with Crippen LogP contribution >= 0.6 is 0 Å². The summed E-state index contributed by atoms with van der Waals surface area (Å²) in [6.07, 6.45) is 6.44. The summed E-state index contributed by atoms with van der Waals surface area (Å²) < 4.78 is 0. The molecule has 1 unspecified atom stereocenters. The summed E-state index contributed by atoms with van der Waals surface area (Å²) in [5, 5.41) is 22.6. The number of aliphatic hydroxyl groups is 2. The summed E-state index contributed by atoms with van der Waals surface area (Å²) in [4.78, 5) is 4.38. The molecule has 1 heterocycles. The van der Waals surface area contributed by atoms with Gasteiger partial charge in [0.25, 0.3) is 0 Å². The Labute approximate surface area is 119 Å². The summed E-state index contributed by atoms with van der Waals surface area (Å²) in [7, 11) is 0. The van der Waals surface area contributed by atoms with E-state index in [1.807, 2.05) is 30.3 Å². The normalized spacial score (nSPS) is 20.5. The SMILES string of the molecule is OC(c1cccc2cccnc12)C1(O)CCCCCC1.